The average molecular weight is 327 g/mol. The lowest BCUT2D eigenvalue weighted by molar-refractivity contribution is 0.321. The Labute approximate surface area is 147 Å². The van der Waals surface area contributed by atoms with Crippen molar-refractivity contribution in [3.05, 3.63) is 0 Å². The third-order valence-corrected chi connectivity index (χ3v) is 4.77. The Morgan fingerprint density at radius 2 is 1.00 bits per heavy atom. The molecule has 0 aromatic heterocycles. The fourth-order valence-corrected chi connectivity index (χ4v) is 3.05. The molecule has 0 bridgehead atoms. The molecule has 0 saturated carbocycles. The van der Waals surface area contributed by atoms with E-state index in [1.165, 1.54) is 110 Å². The summed E-state index contributed by atoms with van der Waals surface area (Å²) in [6, 6.07) is 0. The molecule has 0 unspecified atom stereocenters. The van der Waals surface area contributed by atoms with Gasteiger partial charge in [-0.1, -0.05) is 90.9 Å². The molecule has 0 aromatic carbocycles. The molecule has 0 amide bonds. The monoisotopic (exact) mass is 326 g/mol. The Kier molecular flexibility index (Phi) is 19.9. The molecule has 2 heteroatoms. The smallest absolute Gasteiger partial charge is 0.0104 e. The van der Waals surface area contributed by atoms with Crippen LogP contribution in [0.5, 0.6) is 0 Å². The number of rotatable bonds is 19. The van der Waals surface area contributed by atoms with E-state index < -0.39 is 0 Å². The lowest BCUT2D eigenvalue weighted by Crippen LogP contribution is -2.30. The van der Waals surface area contributed by atoms with Crippen LogP contribution in [0.3, 0.4) is 0 Å². The van der Waals surface area contributed by atoms with Crippen LogP contribution in [0.1, 0.15) is 104 Å². The molecule has 1 N–H and O–H groups in total. The van der Waals surface area contributed by atoms with E-state index in [1.54, 1.807) is 0 Å². The maximum Gasteiger partial charge on any atom is 0.0104 e. The number of nitrogens with one attached hydrogen (secondary N) is 1. The molecule has 0 fully saturated rings. The van der Waals surface area contributed by atoms with Crippen LogP contribution in [0.25, 0.3) is 0 Å². The van der Waals surface area contributed by atoms with Crippen molar-refractivity contribution in [3.63, 3.8) is 0 Å². The number of unbranched alkanes of at least 4 members (excludes halogenated alkanes) is 12. The molecular formula is C21H46N2. The SMILES string of the molecule is CCCCCCCCCNCCN(C)CCCCCCCCC. The molecule has 23 heavy (non-hydrogen) atoms. The standard InChI is InChI=1S/C21H46N2/c1-4-6-8-10-12-14-16-18-22-19-21-23(3)20-17-15-13-11-9-7-5-2/h22H,4-21H2,1-3H3. The minimum absolute atomic E-state index is 1.16. The number of hydrogen-bond donors (Lipinski definition) is 1. The second-order valence-electron chi connectivity index (χ2n) is 7.30. The summed E-state index contributed by atoms with van der Waals surface area (Å²) in [7, 11) is 2.27. The van der Waals surface area contributed by atoms with Crippen molar-refractivity contribution < 1.29 is 0 Å². The summed E-state index contributed by atoms with van der Waals surface area (Å²) in [6.45, 7) is 9.41. The van der Waals surface area contributed by atoms with Gasteiger partial charge in [0, 0.05) is 13.1 Å². The van der Waals surface area contributed by atoms with E-state index in [2.05, 4.69) is 31.1 Å². The summed E-state index contributed by atoms with van der Waals surface area (Å²) < 4.78 is 0. The molecule has 0 atom stereocenters. The normalized spacial score (nSPS) is 11.5. The highest BCUT2D eigenvalue weighted by Gasteiger charge is 1.98. The van der Waals surface area contributed by atoms with Crippen LogP contribution in [0, 0.1) is 0 Å². The van der Waals surface area contributed by atoms with Crippen LogP contribution < -0.4 is 5.32 Å². The van der Waals surface area contributed by atoms with Crippen LogP contribution in [0.2, 0.25) is 0 Å². The van der Waals surface area contributed by atoms with E-state index in [0.29, 0.717) is 0 Å². The lowest BCUT2D eigenvalue weighted by atomic mass is 10.1. The molecule has 0 aliphatic rings. The highest BCUT2D eigenvalue weighted by Crippen LogP contribution is 2.07. The molecule has 0 rings (SSSR count). The van der Waals surface area contributed by atoms with Gasteiger partial charge in [0.05, 0.1) is 0 Å². The quantitative estimate of drug-likeness (QED) is 0.292. The second-order valence-corrected chi connectivity index (χ2v) is 7.30. The van der Waals surface area contributed by atoms with E-state index in [4.69, 9.17) is 0 Å². The maximum absolute atomic E-state index is 3.60. The van der Waals surface area contributed by atoms with Crippen molar-refractivity contribution >= 4 is 0 Å². The fourth-order valence-electron chi connectivity index (χ4n) is 3.05. The van der Waals surface area contributed by atoms with Crippen LogP contribution in [0.15, 0.2) is 0 Å². The minimum atomic E-state index is 1.16. The molecule has 0 radical (unpaired) electrons. The van der Waals surface area contributed by atoms with Gasteiger partial charge in [-0.3, -0.25) is 0 Å². The van der Waals surface area contributed by atoms with Crippen LogP contribution in [0.4, 0.5) is 0 Å². The van der Waals surface area contributed by atoms with Gasteiger partial charge < -0.3 is 10.2 Å². The molecule has 0 aliphatic heterocycles. The zero-order chi connectivity index (χ0) is 17.0. The summed E-state index contributed by atoms with van der Waals surface area (Å²) in [4.78, 5) is 2.49. The molecule has 0 spiro atoms. The molecule has 0 aromatic rings. The van der Waals surface area contributed by atoms with Crippen molar-refractivity contribution in [1.29, 1.82) is 0 Å². The first-order chi connectivity index (χ1) is 11.3. The van der Waals surface area contributed by atoms with E-state index in [0.717, 1.165) is 6.54 Å². The maximum atomic E-state index is 3.60. The van der Waals surface area contributed by atoms with Crippen LogP contribution in [-0.2, 0) is 0 Å². The summed E-state index contributed by atoms with van der Waals surface area (Å²) in [5.41, 5.74) is 0. The first kappa shape index (κ1) is 22.9. The summed E-state index contributed by atoms with van der Waals surface area (Å²) in [5.74, 6) is 0. The van der Waals surface area contributed by atoms with Crippen LogP contribution >= 0.6 is 0 Å². The summed E-state index contributed by atoms with van der Waals surface area (Å²) in [5, 5.41) is 3.60. The van der Waals surface area contributed by atoms with Crippen molar-refractivity contribution in [2.45, 2.75) is 104 Å². The van der Waals surface area contributed by atoms with Gasteiger partial charge in [0.15, 0.2) is 0 Å². The Morgan fingerprint density at radius 3 is 1.57 bits per heavy atom. The predicted octanol–water partition coefficient (Wildman–Crippen LogP) is 6.01. The van der Waals surface area contributed by atoms with Crippen molar-refractivity contribution in [3.8, 4) is 0 Å². The molecule has 2 nitrogen and oxygen atoms in total. The van der Waals surface area contributed by atoms with Gasteiger partial charge in [0.25, 0.3) is 0 Å². The van der Waals surface area contributed by atoms with Gasteiger partial charge in [-0.25, -0.2) is 0 Å². The zero-order valence-electron chi connectivity index (χ0n) is 16.7. The molecule has 0 saturated heterocycles. The van der Waals surface area contributed by atoms with E-state index in [1.807, 2.05) is 0 Å². The topological polar surface area (TPSA) is 15.3 Å². The van der Waals surface area contributed by atoms with Gasteiger partial charge in [0.2, 0.25) is 0 Å². The Bertz CT molecular complexity index is 206. The number of likely N-dealkylation sites (N-methyl/N-ethyl adjacent to an activating group) is 1. The van der Waals surface area contributed by atoms with Gasteiger partial charge in [-0.15, -0.1) is 0 Å². The summed E-state index contributed by atoms with van der Waals surface area (Å²) in [6.07, 6.45) is 19.7. The lowest BCUT2D eigenvalue weighted by Gasteiger charge is -2.16. The zero-order valence-corrected chi connectivity index (χ0v) is 16.7. The third kappa shape index (κ3) is 19.9. The van der Waals surface area contributed by atoms with Gasteiger partial charge in [-0.2, -0.15) is 0 Å². The fraction of sp³-hybridized carbons (Fsp3) is 1.00. The van der Waals surface area contributed by atoms with Gasteiger partial charge in [0.1, 0.15) is 0 Å². The molecular weight excluding hydrogens is 280 g/mol. The Morgan fingerprint density at radius 1 is 0.522 bits per heavy atom. The predicted molar refractivity (Wildman–Crippen MR) is 106 cm³/mol. The largest absolute Gasteiger partial charge is 0.315 e. The van der Waals surface area contributed by atoms with Crippen molar-refractivity contribution in [1.82, 2.24) is 10.2 Å². The first-order valence-electron chi connectivity index (χ1n) is 10.7. The average Bonchev–Trinajstić information content (AvgIpc) is 2.55. The Balaban J connectivity index is 3.11. The Hall–Kier alpha value is -0.0800. The van der Waals surface area contributed by atoms with E-state index in [9.17, 15) is 0 Å². The molecule has 140 valence electrons. The minimum Gasteiger partial charge on any atom is -0.315 e. The summed E-state index contributed by atoms with van der Waals surface area (Å²) >= 11 is 0. The highest BCUT2D eigenvalue weighted by atomic mass is 15.1. The van der Waals surface area contributed by atoms with E-state index >= 15 is 0 Å². The van der Waals surface area contributed by atoms with E-state index in [-0.39, 0.29) is 0 Å². The highest BCUT2D eigenvalue weighted by molar-refractivity contribution is 4.56. The van der Waals surface area contributed by atoms with Crippen molar-refractivity contribution in [2.75, 3.05) is 33.2 Å². The number of hydrogen-bond acceptors (Lipinski definition) is 2. The van der Waals surface area contributed by atoms with Gasteiger partial charge >= 0.3 is 0 Å². The molecule has 0 aliphatic carbocycles. The van der Waals surface area contributed by atoms with Crippen LogP contribution in [-0.4, -0.2) is 38.1 Å². The van der Waals surface area contributed by atoms with Gasteiger partial charge in [-0.05, 0) is 33.0 Å². The molecule has 0 heterocycles. The third-order valence-electron chi connectivity index (χ3n) is 4.77. The second kappa shape index (κ2) is 20.0. The first-order valence-corrected chi connectivity index (χ1v) is 10.7. The van der Waals surface area contributed by atoms with Crippen molar-refractivity contribution in [2.24, 2.45) is 0 Å². The number of nitrogens with zero attached hydrogens (tertiary/aromatic N) is 1.